The molecule has 144 valence electrons. The zero-order valence-electron chi connectivity index (χ0n) is 15.9. The predicted molar refractivity (Wildman–Crippen MR) is 106 cm³/mol. The van der Waals surface area contributed by atoms with Crippen molar-refractivity contribution in [2.75, 3.05) is 13.7 Å². The third-order valence-electron chi connectivity index (χ3n) is 5.30. The smallest absolute Gasteiger partial charge is 0.224 e. The molecule has 2 aliphatic rings. The van der Waals surface area contributed by atoms with Gasteiger partial charge in [0.15, 0.2) is 17.3 Å². The minimum absolute atomic E-state index is 0.0731. The Kier molecular flexibility index (Phi) is 5.15. The van der Waals surface area contributed by atoms with Gasteiger partial charge in [-0.05, 0) is 30.0 Å². The van der Waals surface area contributed by atoms with E-state index in [-0.39, 0.29) is 24.2 Å². The van der Waals surface area contributed by atoms with E-state index < -0.39 is 0 Å². The number of carbonyl (C=O) groups is 2. The molecule has 1 N–H and O–H groups in total. The molecule has 0 fully saturated rings. The molecular formula is C23H23NO4. The zero-order valence-corrected chi connectivity index (χ0v) is 15.9. The number of hydrogen-bond donors (Lipinski definition) is 1. The molecule has 0 radical (unpaired) electrons. The molecule has 0 saturated carbocycles. The molecule has 2 aromatic rings. The summed E-state index contributed by atoms with van der Waals surface area (Å²) in [5, 5.41) is 3.03. The summed E-state index contributed by atoms with van der Waals surface area (Å²) in [6, 6.07) is 15.5. The lowest BCUT2D eigenvalue weighted by atomic mass is 9.99. The average molecular weight is 377 g/mol. The minimum Gasteiger partial charge on any atom is -0.493 e. The zero-order chi connectivity index (χ0) is 19.5. The molecule has 1 atom stereocenters. The van der Waals surface area contributed by atoms with Crippen molar-refractivity contribution >= 4 is 17.3 Å². The number of benzene rings is 2. The number of Topliss-reactive ketones (excluding diaryl/α,β-unsaturated/α-hetero) is 1. The summed E-state index contributed by atoms with van der Waals surface area (Å²) >= 11 is 0. The first-order chi connectivity index (χ1) is 13.7. The number of hydrogen-bond acceptors (Lipinski definition) is 4. The topological polar surface area (TPSA) is 64.6 Å². The first kappa shape index (κ1) is 18.3. The molecule has 4 rings (SSSR count). The van der Waals surface area contributed by atoms with Gasteiger partial charge < -0.3 is 14.8 Å². The standard InChI is InChI=1S/C23H23NO4/c1-27-21-9-5-8-16-12-17(14-28-23(16)21)24-22(26)13-19-18(10-11-20(19)25)15-6-3-2-4-7-15/h2-9,17H,10-14H2,1H3,(H,24,26). The lowest BCUT2D eigenvalue weighted by Crippen LogP contribution is -2.43. The van der Waals surface area contributed by atoms with Crippen LogP contribution in [0.4, 0.5) is 0 Å². The summed E-state index contributed by atoms with van der Waals surface area (Å²) in [7, 11) is 1.61. The molecule has 5 nitrogen and oxygen atoms in total. The van der Waals surface area contributed by atoms with Crippen molar-refractivity contribution in [2.45, 2.75) is 31.7 Å². The first-order valence-corrected chi connectivity index (χ1v) is 9.54. The van der Waals surface area contributed by atoms with Crippen LogP contribution in [-0.2, 0) is 16.0 Å². The quantitative estimate of drug-likeness (QED) is 0.868. The van der Waals surface area contributed by atoms with Crippen LogP contribution >= 0.6 is 0 Å². The Morgan fingerprint density at radius 3 is 2.75 bits per heavy atom. The Morgan fingerprint density at radius 1 is 1.14 bits per heavy atom. The highest BCUT2D eigenvalue weighted by Gasteiger charge is 2.28. The lowest BCUT2D eigenvalue weighted by molar-refractivity contribution is -0.123. The molecule has 0 saturated heterocycles. The maximum Gasteiger partial charge on any atom is 0.224 e. The molecule has 0 bridgehead atoms. The van der Waals surface area contributed by atoms with Crippen LogP contribution in [0.15, 0.2) is 54.1 Å². The van der Waals surface area contributed by atoms with Gasteiger partial charge in [-0.25, -0.2) is 0 Å². The Bertz CT molecular complexity index is 933. The van der Waals surface area contributed by atoms with E-state index in [1.807, 2.05) is 48.5 Å². The van der Waals surface area contributed by atoms with Crippen LogP contribution in [0.1, 0.15) is 30.4 Å². The second kappa shape index (κ2) is 7.89. The third-order valence-corrected chi connectivity index (χ3v) is 5.30. The van der Waals surface area contributed by atoms with Crippen LogP contribution in [0.5, 0.6) is 11.5 Å². The Hall–Kier alpha value is -3.08. The summed E-state index contributed by atoms with van der Waals surface area (Å²) < 4.78 is 11.1. The van der Waals surface area contributed by atoms with E-state index in [0.717, 1.165) is 22.4 Å². The Morgan fingerprint density at radius 2 is 1.96 bits per heavy atom. The number of allylic oxidation sites excluding steroid dienone is 1. The second-order valence-corrected chi connectivity index (χ2v) is 7.15. The van der Waals surface area contributed by atoms with E-state index >= 15 is 0 Å². The number of carbonyl (C=O) groups excluding carboxylic acids is 2. The van der Waals surface area contributed by atoms with Gasteiger partial charge in [0.25, 0.3) is 0 Å². The van der Waals surface area contributed by atoms with E-state index in [9.17, 15) is 9.59 Å². The van der Waals surface area contributed by atoms with Crippen LogP contribution in [0.25, 0.3) is 5.57 Å². The van der Waals surface area contributed by atoms with Gasteiger partial charge in [0, 0.05) is 17.6 Å². The number of fused-ring (bicyclic) bond motifs is 1. The molecule has 28 heavy (non-hydrogen) atoms. The first-order valence-electron chi connectivity index (χ1n) is 9.54. The van der Waals surface area contributed by atoms with Gasteiger partial charge in [0.1, 0.15) is 6.61 Å². The largest absolute Gasteiger partial charge is 0.493 e. The van der Waals surface area contributed by atoms with Crippen molar-refractivity contribution in [3.05, 3.63) is 65.2 Å². The van der Waals surface area contributed by atoms with Gasteiger partial charge in [0.05, 0.1) is 19.6 Å². The van der Waals surface area contributed by atoms with Gasteiger partial charge in [-0.15, -0.1) is 0 Å². The number of rotatable bonds is 5. The van der Waals surface area contributed by atoms with Crippen LogP contribution in [0, 0.1) is 0 Å². The van der Waals surface area contributed by atoms with Crippen molar-refractivity contribution in [1.82, 2.24) is 5.32 Å². The molecule has 1 amide bonds. The average Bonchev–Trinajstić information content (AvgIpc) is 3.08. The number of ketones is 1. The number of methoxy groups -OCH3 is 1. The maximum atomic E-state index is 12.6. The minimum atomic E-state index is -0.140. The number of ether oxygens (including phenoxy) is 2. The highest BCUT2D eigenvalue weighted by atomic mass is 16.5. The van der Waals surface area contributed by atoms with Crippen LogP contribution in [-0.4, -0.2) is 31.4 Å². The summed E-state index contributed by atoms with van der Waals surface area (Å²) in [5.74, 6) is 1.38. The predicted octanol–water partition coefficient (Wildman–Crippen LogP) is 3.32. The van der Waals surface area contributed by atoms with E-state index in [4.69, 9.17) is 9.47 Å². The van der Waals surface area contributed by atoms with Gasteiger partial charge >= 0.3 is 0 Å². The van der Waals surface area contributed by atoms with E-state index in [2.05, 4.69) is 5.32 Å². The Labute approximate surface area is 164 Å². The van der Waals surface area contributed by atoms with Gasteiger partial charge in [0.2, 0.25) is 5.91 Å². The van der Waals surface area contributed by atoms with Crippen molar-refractivity contribution in [3.63, 3.8) is 0 Å². The molecule has 0 aromatic heterocycles. The summed E-state index contributed by atoms with van der Waals surface area (Å²) in [4.78, 5) is 25.0. The molecule has 5 heteroatoms. The number of para-hydroxylation sites is 1. The van der Waals surface area contributed by atoms with E-state index in [0.29, 0.717) is 37.2 Å². The molecule has 1 unspecified atom stereocenters. The third kappa shape index (κ3) is 3.65. The fourth-order valence-corrected chi connectivity index (χ4v) is 3.96. The van der Waals surface area contributed by atoms with Crippen LogP contribution in [0.2, 0.25) is 0 Å². The summed E-state index contributed by atoms with van der Waals surface area (Å²) in [6.07, 6.45) is 1.97. The maximum absolute atomic E-state index is 12.6. The van der Waals surface area contributed by atoms with Gasteiger partial charge in [-0.1, -0.05) is 42.5 Å². The fourth-order valence-electron chi connectivity index (χ4n) is 3.96. The normalized spacial score (nSPS) is 18.5. The Balaban J connectivity index is 1.45. The second-order valence-electron chi connectivity index (χ2n) is 7.15. The highest BCUT2D eigenvalue weighted by Crippen LogP contribution is 2.35. The van der Waals surface area contributed by atoms with Crippen LogP contribution in [0.3, 0.4) is 0 Å². The van der Waals surface area contributed by atoms with E-state index in [1.165, 1.54) is 0 Å². The summed E-state index contributed by atoms with van der Waals surface area (Å²) in [5.41, 5.74) is 3.67. The molecule has 1 aliphatic heterocycles. The molecule has 0 spiro atoms. The molecular weight excluding hydrogens is 354 g/mol. The molecule has 1 heterocycles. The molecule has 2 aromatic carbocycles. The van der Waals surface area contributed by atoms with Crippen LogP contribution < -0.4 is 14.8 Å². The fraction of sp³-hybridized carbons (Fsp3) is 0.304. The van der Waals surface area contributed by atoms with E-state index in [1.54, 1.807) is 7.11 Å². The highest BCUT2D eigenvalue weighted by molar-refractivity contribution is 6.10. The monoisotopic (exact) mass is 377 g/mol. The van der Waals surface area contributed by atoms with Crippen molar-refractivity contribution < 1.29 is 19.1 Å². The SMILES string of the molecule is COc1cccc2c1OCC(NC(=O)CC1=C(c3ccccc3)CCC1=O)C2. The lowest BCUT2D eigenvalue weighted by Gasteiger charge is -2.27. The van der Waals surface area contributed by atoms with Crippen molar-refractivity contribution in [3.8, 4) is 11.5 Å². The summed E-state index contributed by atoms with van der Waals surface area (Å²) in [6.45, 7) is 0.387. The van der Waals surface area contributed by atoms with Gasteiger partial charge in [-0.3, -0.25) is 9.59 Å². The molecule has 1 aliphatic carbocycles. The van der Waals surface area contributed by atoms with Crippen molar-refractivity contribution in [1.29, 1.82) is 0 Å². The van der Waals surface area contributed by atoms with Crippen molar-refractivity contribution in [2.24, 2.45) is 0 Å². The number of nitrogens with one attached hydrogen (secondary N) is 1. The number of amides is 1. The van der Waals surface area contributed by atoms with Gasteiger partial charge in [-0.2, -0.15) is 0 Å².